The number of nitrogens with one attached hydrogen (secondary N) is 2. The Hall–Kier alpha value is -3.91. The Morgan fingerprint density at radius 1 is 1.09 bits per heavy atom. The summed E-state index contributed by atoms with van der Waals surface area (Å²) in [6, 6.07) is 13.5. The fourth-order valence-corrected chi connectivity index (χ4v) is 3.77. The first kappa shape index (κ1) is 24.7. The number of benzene rings is 2. The van der Waals surface area contributed by atoms with Crippen LogP contribution in [0.1, 0.15) is 27.2 Å². The minimum absolute atomic E-state index is 0.0528. The molecule has 34 heavy (non-hydrogen) atoms. The number of hydrogen-bond acceptors (Lipinski definition) is 5. The molecule has 0 aliphatic heterocycles. The second-order valence-corrected chi connectivity index (χ2v) is 7.91. The maximum atomic E-state index is 13.3. The summed E-state index contributed by atoms with van der Waals surface area (Å²) >= 11 is 0.680. The first-order valence-corrected chi connectivity index (χ1v) is 10.6. The second-order valence-electron chi connectivity index (χ2n) is 6.94. The summed E-state index contributed by atoms with van der Waals surface area (Å²) in [6.07, 6.45) is -4.74. The molecular formula is C23H16F4N4O2S. The van der Waals surface area contributed by atoms with E-state index in [0.717, 1.165) is 6.07 Å². The lowest BCUT2D eigenvalue weighted by Gasteiger charge is -2.13. The van der Waals surface area contributed by atoms with Gasteiger partial charge < -0.3 is 10.6 Å². The predicted molar refractivity (Wildman–Crippen MR) is 119 cm³/mol. The van der Waals surface area contributed by atoms with Crippen molar-refractivity contribution in [2.45, 2.75) is 18.1 Å². The minimum Gasteiger partial charge on any atom is -0.325 e. The number of alkyl halides is 3. The van der Waals surface area contributed by atoms with Crippen molar-refractivity contribution in [2.75, 3.05) is 16.4 Å². The normalized spacial score (nSPS) is 10.9. The molecule has 0 bridgehead atoms. The molecule has 3 rings (SSSR count). The molecule has 0 atom stereocenters. The van der Waals surface area contributed by atoms with Crippen LogP contribution >= 0.6 is 11.8 Å². The van der Waals surface area contributed by atoms with Gasteiger partial charge in [0.1, 0.15) is 16.9 Å². The van der Waals surface area contributed by atoms with Gasteiger partial charge in [0, 0.05) is 11.4 Å². The number of halogens is 4. The quantitative estimate of drug-likeness (QED) is 0.358. The summed E-state index contributed by atoms with van der Waals surface area (Å²) in [5.74, 6) is -1.99. The SMILES string of the molecule is Cc1cc(C(F)(F)F)c(C#N)c(SCC(=O)Nc2ccccc2C(=O)Nc2ccc(F)cc2)n1. The van der Waals surface area contributed by atoms with Crippen LogP contribution in [0.15, 0.2) is 59.6 Å². The number of aryl methyl sites for hydroxylation is 1. The maximum absolute atomic E-state index is 13.3. The molecule has 2 N–H and O–H groups in total. The van der Waals surface area contributed by atoms with Crippen molar-refractivity contribution in [3.8, 4) is 6.07 Å². The summed E-state index contributed by atoms with van der Waals surface area (Å²) < 4.78 is 52.8. The molecule has 1 heterocycles. The molecular weight excluding hydrogens is 472 g/mol. The van der Waals surface area contributed by atoms with E-state index in [0.29, 0.717) is 17.4 Å². The molecule has 0 aliphatic carbocycles. The van der Waals surface area contributed by atoms with Crippen molar-refractivity contribution in [1.82, 2.24) is 4.98 Å². The highest BCUT2D eigenvalue weighted by molar-refractivity contribution is 8.00. The van der Waals surface area contributed by atoms with Gasteiger partial charge in [0.2, 0.25) is 5.91 Å². The zero-order chi connectivity index (χ0) is 24.9. The third kappa shape index (κ3) is 6.11. The molecule has 2 aromatic carbocycles. The van der Waals surface area contributed by atoms with Crippen molar-refractivity contribution in [2.24, 2.45) is 0 Å². The number of aromatic nitrogens is 1. The molecule has 0 spiro atoms. The van der Waals surface area contributed by atoms with Crippen molar-refractivity contribution in [3.63, 3.8) is 0 Å². The molecule has 6 nitrogen and oxygen atoms in total. The van der Waals surface area contributed by atoms with Crippen LogP contribution < -0.4 is 10.6 Å². The Bertz CT molecular complexity index is 1270. The number of thioether (sulfide) groups is 1. The molecule has 174 valence electrons. The van der Waals surface area contributed by atoms with Gasteiger partial charge in [0.05, 0.1) is 28.1 Å². The van der Waals surface area contributed by atoms with Gasteiger partial charge in [-0.3, -0.25) is 9.59 Å². The van der Waals surface area contributed by atoms with Gasteiger partial charge in [-0.15, -0.1) is 0 Å². The van der Waals surface area contributed by atoms with Crippen LogP contribution in [0, 0.1) is 24.1 Å². The molecule has 2 amide bonds. The fraction of sp³-hybridized carbons (Fsp3) is 0.130. The van der Waals surface area contributed by atoms with Crippen molar-refractivity contribution in [3.05, 3.63) is 82.8 Å². The first-order valence-electron chi connectivity index (χ1n) is 9.66. The van der Waals surface area contributed by atoms with E-state index in [2.05, 4.69) is 15.6 Å². The van der Waals surface area contributed by atoms with E-state index < -0.39 is 34.9 Å². The van der Waals surface area contributed by atoms with Crippen LogP contribution in [0.5, 0.6) is 0 Å². The van der Waals surface area contributed by atoms with E-state index in [4.69, 9.17) is 0 Å². The largest absolute Gasteiger partial charge is 0.417 e. The lowest BCUT2D eigenvalue weighted by molar-refractivity contribution is -0.138. The van der Waals surface area contributed by atoms with Gasteiger partial charge in [-0.25, -0.2) is 9.37 Å². The van der Waals surface area contributed by atoms with E-state index in [9.17, 15) is 32.4 Å². The lowest BCUT2D eigenvalue weighted by Crippen LogP contribution is -2.19. The van der Waals surface area contributed by atoms with E-state index in [1.165, 1.54) is 49.4 Å². The van der Waals surface area contributed by atoms with Crippen molar-refractivity contribution in [1.29, 1.82) is 5.26 Å². The highest BCUT2D eigenvalue weighted by atomic mass is 32.2. The van der Waals surface area contributed by atoms with Gasteiger partial charge >= 0.3 is 6.18 Å². The molecule has 0 unspecified atom stereocenters. The summed E-state index contributed by atoms with van der Waals surface area (Å²) in [5.41, 5.74) is -1.09. The predicted octanol–water partition coefficient (Wildman–Crippen LogP) is 5.40. The summed E-state index contributed by atoms with van der Waals surface area (Å²) in [6.45, 7) is 1.36. The Labute approximate surface area is 196 Å². The van der Waals surface area contributed by atoms with Gasteiger partial charge in [-0.05, 0) is 49.4 Å². The minimum atomic E-state index is -4.74. The number of carbonyl (C=O) groups is 2. The Morgan fingerprint density at radius 3 is 2.41 bits per heavy atom. The van der Waals surface area contributed by atoms with Crippen LogP contribution in [0.3, 0.4) is 0 Å². The third-order valence-corrected chi connectivity index (χ3v) is 5.39. The average Bonchev–Trinajstić information content (AvgIpc) is 2.78. The molecule has 0 aliphatic rings. The van der Waals surface area contributed by atoms with Gasteiger partial charge in [0.15, 0.2) is 0 Å². The third-order valence-electron chi connectivity index (χ3n) is 4.42. The number of pyridine rings is 1. The monoisotopic (exact) mass is 488 g/mol. The van der Waals surface area contributed by atoms with Crippen LogP contribution in [-0.4, -0.2) is 22.6 Å². The second kappa shape index (κ2) is 10.4. The number of carbonyl (C=O) groups excluding carboxylic acids is 2. The van der Waals surface area contributed by atoms with Crippen LogP contribution in [0.2, 0.25) is 0 Å². The van der Waals surface area contributed by atoms with Crippen molar-refractivity contribution < 1.29 is 27.2 Å². The Kier molecular flexibility index (Phi) is 7.53. The highest BCUT2D eigenvalue weighted by Crippen LogP contribution is 2.35. The topological polar surface area (TPSA) is 94.9 Å². The van der Waals surface area contributed by atoms with Gasteiger partial charge in [-0.2, -0.15) is 18.4 Å². The van der Waals surface area contributed by atoms with Crippen LogP contribution in [0.4, 0.5) is 28.9 Å². The number of nitrogens with zero attached hydrogens (tertiary/aromatic N) is 2. The molecule has 1 aromatic heterocycles. The summed E-state index contributed by atoms with van der Waals surface area (Å²) in [7, 11) is 0. The van der Waals surface area contributed by atoms with Gasteiger partial charge in [-0.1, -0.05) is 23.9 Å². The number of nitriles is 1. The molecule has 3 aromatic rings. The van der Waals surface area contributed by atoms with Crippen molar-refractivity contribution >= 4 is 35.0 Å². The lowest BCUT2D eigenvalue weighted by atomic mass is 10.1. The number of anilines is 2. The standard InChI is InChI=1S/C23H16F4N4O2S/c1-13-10-18(23(25,26)27)17(11-28)22(29-13)34-12-20(32)31-19-5-3-2-4-16(19)21(33)30-15-8-6-14(24)7-9-15/h2-10H,12H2,1H3,(H,30,33)(H,31,32). The summed E-state index contributed by atoms with van der Waals surface area (Å²) in [5, 5.41) is 14.1. The average molecular weight is 488 g/mol. The first-order chi connectivity index (χ1) is 16.1. The molecule has 11 heteroatoms. The number of hydrogen-bond donors (Lipinski definition) is 2. The zero-order valence-corrected chi connectivity index (χ0v) is 18.4. The van der Waals surface area contributed by atoms with E-state index in [-0.39, 0.29) is 27.7 Å². The molecule has 0 fully saturated rings. The number of rotatable bonds is 6. The number of para-hydroxylation sites is 1. The van der Waals surface area contributed by atoms with Gasteiger partial charge in [0.25, 0.3) is 5.91 Å². The Balaban J connectivity index is 1.73. The van der Waals surface area contributed by atoms with E-state index in [1.807, 2.05) is 0 Å². The van der Waals surface area contributed by atoms with Crippen LogP contribution in [-0.2, 0) is 11.0 Å². The smallest absolute Gasteiger partial charge is 0.325 e. The molecule has 0 saturated carbocycles. The fourth-order valence-electron chi connectivity index (χ4n) is 2.92. The van der Waals surface area contributed by atoms with E-state index in [1.54, 1.807) is 12.1 Å². The highest BCUT2D eigenvalue weighted by Gasteiger charge is 2.35. The van der Waals surface area contributed by atoms with E-state index >= 15 is 0 Å². The molecule has 0 saturated heterocycles. The molecule has 0 radical (unpaired) electrons. The zero-order valence-electron chi connectivity index (χ0n) is 17.5. The summed E-state index contributed by atoms with van der Waals surface area (Å²) in [4.78, 5) is 29.1. The number of amides is 2. The maximum Gasteiger partial charge on any atom is 0.417 e. The Morgan fingerprint density at radius 2 is 1.76 bits per heavy atom. The van der Waals surface area contributed by atoms with Crippen LogP contribution in [0.25, 0.3) is 0 Å².